The first-order valence-corrected chi connectivity index (χ1v) is 8.97. The molecular weight excluding hydrogens is 324 g/mol. The Balaban J connectivity index is 1.71. The number of benzene rings is 1. The Bertz CT molecular complexity index is 654. The monoisotopic (exact) mass is 346 g/mol. The lowest BCUT2D eigenvalue weighted by molar-refractivity contribution is 0.0555. The van der Waals surface area contributed by atoms with E-state index < -0.39 is 0 Å². The molecule has 1 unspecified atom stereocenters. The Kier molecular flexibility index (Phi) is 5.72. The van der Waals surface area contributed by atoms with Crippen molar-refractivity contribution in [1.29, 1.82) is 0 Å². The van der Waals surface area contributed by atoms with E-state index in [2.05, 4.69) is 16.7 Å². The smallest absolute Gasteiger partial charge is 0.319 e. The summed E-state index contributed by atoms with van der Waals surface area (Å²) >= 11 is 1.67. The van der Waals surface area contributed by atoms with Crippen LogP contribution in [0.1, 0.15) is 23.8 Å². The van der Waals surface area contributed by atoms with Gasteiger partial charge >= 0.3 is 6.03 Å². The maximum Gasteiger partial charge on any atom is 0.319 e. The largest absolute Gasteiger partial charge is 0.495 e. The molecule has 3 rings (SSSR count). The minimum Gasteiger partial charge on any atom is -0.495 e. The molecule has 2 aromatic rings. The quantitative estimate of drug-likeness (QED) is 0.859. The van der Waals surface area contributed by atoms with Crippen LogP contribution in [0.5, 0.6) is 5.75 Å². The molecule has 24 heavy (non-hydrogen) atoms. The zero-order valence-electron chi connectivity index (χ0n) is 13.7. The highest BCUT2D eigenvalue weighted by molar-refractivity contribution is 7.10. The number of anilines is 1. The highest BCUT2D eigenvalue weighted by Crippen LogP contribution is 2.33. The Morgan fingerprint density at radius 3 is 2.75 bits per heavy atom. The van der Waals surface area contributed by atoms with Gasteiger partial charge in [0.25, 0.3) is 0 Å². The van der Waals surface area contributed by atoms with Gasteiger partial charge in [-0.25, -0.2) is 4.79 Å². The molecule has 1 saturated heterocycles. The minimum absolute atomic E-state index is 0.00334. The molecule has 2 heterocycles. The van der Waals surface area contributed by atoms with Gasteiger partial charge in [-0.1, -0.05) is 18.2 Å². The molecule has 1 aliphatic heterocycles. The molecule has 2 N–H and O–H groups in total. The average molecular weight is 346 g/mol. The van der Waals surface area contributed by atoms with Gasteiger partial charge < -0.3 is 20.1 Å². The first-order valence-electron chi connectivity index (χ1n) is 8.09. The van der Waals surface area contributed by atoms with E-state index in [-0.39, 0.29) is 12.1 Å². The molecule has 0 aliphatic carbocycles. The number of ether oxygens (including phenoxy) is 2. The van der Waals surface area contributed by atoms with Crippen LogP contribution in [0.15, 0.2) is 41.8 Å². The number of para-hydroxylation sites is 2. The van der Waals surface area contributed by atoms with Crippen molar-refractivity contribution >= 4 is 23.1 Å². The summed E-state index contributed by atoms with van der Waals surface area (Å²) in [6, 6.07) is 11.3. The molecule has 128 valence electrons. The lowest BCUT2D eigenvalue weighted by atomic mass is 9.91. The molecule has 1 atom stereocenters. The van der Waals surface area contributed by atoms with Gasteiger partial charge in [0, 0.05) is 18.1 Å². The van der Waals surface area contributed by atoms with Crippen LogP contribution in [-0.2, 0) is 4.74 Å². The van der Waals surface area contributed by atoms with Gasteiger partial charge in [-0.3, -0.25) is 0 Å². The number of carbonyl (C=O) groups excluding carboxylic acids is 1. The summed E-state index contributed by atoms with van der Waals surface area (Å²) in [4.78, 5) is 13.7. The number of carbonyl (C=O) groups is 1. The summed E-state index contributed by atoms with van der Waals surface area (Å²) in [6.45, 7) is 1.50. The number of hydrogen-bond acceptors (Lipinski definition) is 4. The van der Waals surface area contributed by atoms with Gasteiger partial charge in [0.05, 0.1) is 18.8 Å². The maximum atomic E-state index is 12.5. The average Bonchev–Trinajstić information content (AvgIpc) is 3.15. The van der Waals surface area contributed by atoms with Crippen molar-refractivity contribution < 1.29 is 14.3 Å². The molecular formula is C18H22N2O3S. The number of hydrogen-bond donors (Lipinski definition) is 2. The number of thiophene rings is 1. The number of methoxy groups -OCH3 is 1. The molecule has 1 aromatic carbocycles. The van der Waals surface area contributed by atoms with E-state index >= 15 is 0 Å². The predicted molar refractivity (Wildman–Crippen MR) is 95.8 cm³/mol. The van der Waals surface area contributed by atoms with E-state index in [4.69, 9.17) is 9.47 Å². The zero-order chi connectivity index (χ0) is 16.8. The van der Waals surface area contributed by atoms with Crippen LogP contribution in [-0.4, -0.2) is 26.4 Å². The molecule has 0 radical (unpaired) electrons. The van der Waals surface area contributed by atoms with Crippen molar-refractivity contribution in [3.8, 4) is 5.75 Å². The van der Waals surface area contributed by atoms with Gasteiger partial charge in [0.15, 0.2) is 0 Å². The minimum atomic E-state index is -0.218. The normalized spacial score (nSPS) is 16.4. The third kappa shape index (κ3) is 4.07. The fraction of sp³-hybridized carbons (Fsp3) is 0.389. The van der Waals surface area contributed by atoms with Crippen molar-refractivity contribution in [2.75, 3.05) is 25.6 Å². The van der Waals surface area contributed by atoms with Crippen molar-refractivity contribution in [3.05, 3.63) is 46.7 Å². The van der Waals surface area contributed by atoms with Gasteiger partial charge in [-0.05, 0) is 42.3 Å². The highest BCUT2D eigenvalue weighted by Gasteiger charge is 2.27. The summed E-state index contributed by atoms with van der Waals surface area (Å²) in [6.07, 6.45) is 1.91. The molecule has 1 fully saturated rings. The number of amides is 2. The van der Waals surface area contributed by atoms with Gasteiger partial charge in [-0.2, -0.15) is 0 Å². The van der Waals surface area contributed by atoms with Crippen LogP contribution in [0.2, 0.25) is 0 Å². The molecule has 0 saturated carbocycles. The van der Waals surface area contributed by atoms with Gasteiger partial charge in [0.2, 0.25) is 0 Å². The van der Waals surface area contributed by atoms with Crippen LogP contribution in [0.3, 0.4) is 0 Å². The maximum absolute atomic E-state index is 12.5. The molecule has 0 spiro atoms. The number of rotatable bonds is 5. The molecule has 1 aliphatic rings. The van der Waals surface area contributed by atoms with Crippen molar-refractivity contribution in [2.45, 2.75) is 18.9 Å². The first kappa shape index (κ1) is 16.8. The van der Waals surface area contributed by atoms with Gasteiger partial charge in [0.1, 0.15) is 5.75 Å². The van der Waals surface area contributed by atoms with E-state index in [1.54, 1.807) is 18.4 Å². The van der Waals surface area contributed by atoms with Crippen LogP contribution >= 0.6 is 11.3 Å². The highest BCUT2D eigenvalue weighted by atomic mass is 32.1. The second-order valence-electron chi connectivity index (χ2n) is 5.74. The Morgan fingerprint density at radius 2 is 2.04 bits per heavy atom. The second-order valence-corrected chi connectivity index (χ2v) is 6.72. The summed E-state index contributed by atoms with van der Waals surface area (Å²) in [5.41, 5.74) is 0.661. The van der Waals surface area contributed by atoms with E-state index in [9.17, 15) is 4.79 Å². The Hall–Kier alpha value is -2.05. The van der Waals surface area contributed by atoms with Crippen LogP contribution in [0.25, 0.3) is 0 Å². The van der Waals surface area contributed by atoms with Crippen molar-refractivity contribution in [3.63, 3.8) is 0 Å². The van der Waals surface area contributed by atoms with Crippen LogP contribution in [0, 0.1) is 5.92 Å². The molecule has 6 heteroatoms. The third-order valence-corrected chi connectivity index (χ3v) is 5.18. The lowest BCUT2D eigenvalue weighted by Crippen LogP contribution is -2.38. The number of urea groups is 1. The van der Waals surface area contributed by atoms with E-state index in [0.717, 1.165) is 26.1 Å². The fourth-order valence-electron chi connectivity index (χ4n) is 2.99. The topological polar surface area (TPSA) is 59.6 Å². The summed E-state index contributed by atoms with van der Waals surface area (Å²) in [5.74, 6) is 1.03. The molecule has 1 aromatic heterocycles. The lowest BCUT2D eigenvalue weighted by Gasteiger charge is -2.30. The Labute approximate surface area is 146 Å². The van der Waals surface area contributed by atoms with E-state index in [1.807, 2.05) is 35.7 Å². The molecule has 2 amide bonds. The van der Waals surface area contributed by atoms with E-state index in [1.165, 1.54) is 4.88 Å². The third-order valence-electron chi connectivity index (χ3n) is 4.23. The summed E-state index contributed by atoms with van der Waals surface area (Å²) in [7, 11) is 1.59. The van der Waals surface area contributed by atoms with Crippen molar-refractivity contribution in [1.82, 2.24) is 5.32 Å². The predicted octanol–water partition coefficient (Wildman–Crippen LogP) is 4.05. The zero-order valence-corrected chi connectivity index (χ0v) is 14.5. The second kappa shape index (κ2) is 8.17. The standard InChI is InChI=1S/C18H22N2O3S/c1-22-15-6-3-2-5-14(15)19-18(21)20-17(16-7-4-12-24-16)13-8-10-23-11-9-13/h2-7,12-13,17H,8-11H2,1H3,(H2,19,20,21). The number of nitrogens with one attached hydrogen (secondary N) is 2. The van der Waals surface area contributed by atoms with Crippen LogP contribution in [0.4, 0.5) is 10.5 Å². The molecule has 5 nitrogen and oxygen atoms in total. The first-order chi connectivity index (χ1) is 11.8. The fourth-order valence-corrected chi connectivity index (χ4v) is 3.86. The SMILES string of the molecule is COc1ccccc1NC(=O)NC(c1cccs1)C1CCOCC1. The summed E-state index contributed by atoms with van der Waals surface area (Å²) in [5, 5.41) is 8.07. The van der Waals surface area contributed by atoms with Crippen molar-refractivity contribution in [2.24, 2.45) is 5.92 Å². The van der Waals surface area contributed by atoms with E-state index in [0.29, 0.717) is 17.4 Å². The van der Waals surface area contributed by atoms with Crippen LogP contribution < -0.4 is 15.4 Å². The molecule has 0 bridgehead atoms. The summed E-state index contributed by atoms with van der Waals surface area (Å²) < 4.78 is 10.7. The Morgan fingerprint density at radius 1 is 1.25 bits per heavy atom. The van der Waals surface area contributed by atoms with Gasteiger partial charge in [-0.15, -0.1) is 11.3 Å².